The predicted molar refractivity (Wildman–Crippen MR) is 104 cm³/mol. The quantitative estimate of drug-likeness (QED) is 0.503. The Morgan fingerprint density at radius 1 is 1.30 bits per heavy atom. The van der Waals surface area contributed by atoms with Gasteiger partial charge in [0.25, 0.3) is 5.91 Å². The first-order valence-corrected chi connectivity index (χ1v) is 9.62. The molecule has 1 N–H and O–H groups in total. The Balaban J connectivity index is 1.96. The number of nitrogens with zero attached hydrogens (tertiary/aromatic N) is 4. The van der Waals surface area contributed by atoms with Crippen molar-refractivity contribution in [1.29, 1.82) is 0 Å². The smallest absolute Gasteiger partial charge is 0.272 e. The van der Waals surface area contributed by atoms with Crippen LogP contribution < -0.4 is 10.1 Å². The van der Waals surface area contributed by atoms with Crippen LogP contribution in [0.25, 0.3) is 0 Å². The van der Waals surface area contributed by atoms with Gasteiger partial charge in [0.15, 0.2) is 10.9 Å². The van der Waals surface area contributed by atoms with Crippen molar-refractivity contribution in [2.24, 2.45) is 7.05 Å². The number of amides is 1. The fourth-order valence-corrected chi connectivity index (χ4v) is 3.07. The molecule has 0 aliphatic rings. The van der Waals surface area contributed by atoms with Gasteiger partial charge in [0.1, 0.15) is 17.6 Å². The third-order valence-electron chi connectivity index (χ3n) is 3.96. The lowest BCUT2D eigenvalue weighted by molar-refractivity contribution is 0.0935. The average molecular weight is 404 g/mol. The molecule has 27 heavy (non-hydrogen) atoms. The van der Waals surface area contributed by atoms with Crippen LogP contribution >= 0.6 is 23.4 Å². The molecule has 0 spiro atoms. The van der Waals surface area contributed by atoms with Gasteiger partial charge in [-0.05, 0) is 24.0 Å². The lowest BCUT2D eigenvalue weighted by atomic mass is 10.1. The third kappa shape index (κ3) is 4.23. The molecule has 140 valence electrons. The largest absolute Gasteiger partial charge is 0.497 e. The monoisotopic (exact) mass is 403 g/mol. The van der Waals surface area contributed by atoms with Gasteiger partial charge in [-0.2, -0.15) is 0 Å². The number of halogens is 1. The minimum Gasteiger partial charge on any atom is -0.497 e. The lowest BCUT2D eigenvalue weighted by Gasteiger charge is -2.19. The van der Waals surface area contributed by atoms with Gasteiger partial charge in [-0.1, -0.05) is 35.5 Å². The Labute approximate surface area is 166 Å². The van der Waals surface area contributed by atoms with E-state index in [4.69, 9.17) is 16.3 Å². The summed E-state index contributed by atoms with van der Waals surface area (Å²) in [6.07, 6.45) is 6.76. The van der Waals surface area contributed by atoms with Crippen LogP contribution in [0, 0.1) is 0 Å². The van der Waals surface area contributed by atoms with Crippen molar-refractivity contribution in [1.82, 2.24) is 24.8 Å². The molecule has 0 aliphatic heterocycles. The fraction of sp³-hybridized carbons (Fsp3) is 0.222. The third-order valence-corrected chi connectivity index (χ3v) is 4.80. The topological polar surface area (TPSA) is 81.9 Å². The highest BCUT2D eigenvalue weighted by Crippen LogP contribution is 2.24. The standard InChI is InChI=1S/C18H18ClN5O2S/c1-24-9-8-20-16(24)14(11-4-6-12(26-2)7-5-11)22-17(25)15-13(19)10-21-18(23-15)27-3/h4-10,14H,1-3H3,(H,22,25). The minimum atomic E-state index is -0.479. The highest BCUT2D eigenvalue weighted by molar-refractivity contribution is 7.98. The zero-order valence-corrected chi connectivity index (χ0v) is 16.6. The van der Waals surface area contributed by atoms with E-state index >= 15 is 0 Å². The number of imidazole rings is 1. The number of hydrogen-bond donors (Lipinski definition) is 1. The van der Waals surface area contributed by atoms with Gasteiger partial charge in [-0.3, -0.25) is 4.79 Å². The van der Waals surface area contributed by atoms with Gasteiger partial charge in [-0.25, -0.2) is 15.0 Å². The van der Waals surface area contributed by atoms with Crippen molar-refractivity contribution in [3.8, 4) is 5.75 Å². The first kappa shape index (κ1) is 19.2. The molecule has 2 aromatic heterocycles. The van der Waals surface area contributed by atoms with Crippen molar-refractivity contribution in [3.05, 3.63) is 65.0 Å². The van der Waals surface area contributed by atoms with Crippen LogP contribution in [0.15, 0.2) is 48.0 Å². The van der Waals surface area contributed by atoms with Gasteiger partial charge in [-0.15, -0.1) is 0 Å². The SMILES string of the molecule is COc1ccc(C(NC(=O)c2nc(SC)ncc2Cl)c2nccn2C)cc1. The van der Waals surface area contributed by atoms with Crippen molar-refractivity contribution >= 4 is 29.3 Å². The molecule has 0 radical (unpaired) electrons. The molecule has 0 aliphatic carbocycles. The molecule has 1 atom stereocenters. The number of ether oxygens (including phenoxy) is 1. The van der Waals surface area contributed by atoms with Gasteiger partial charge < -0.3 is 14.6 Å². The molecule has 0 saturated heterocycles. The Bertz CT molecular complexity index is 945. The maximum Gasteiger partial charge on any atom is 0.272 e. The summed E-state index contributed by atoms with van der Waals surface area (Å²) < 4.78 is 7.06. The molecule has 0 fully saturated rings. The lowest BCUT2D eigenvalue weighted by Crippen LogP contribution is -2.32. The molecular formula is C18H18ClN5O2S. The molecule has 2 heterocycles. The van der Waals surface area contributed by atoms with E-state index in [-0.39, 0.29) is 10.7 Å². The molecule has 3 aromatic rings. The summed E-state index contributed by atoms with van der Waals surface area (Å²) in [7, 11) is 3.47. The average Bonchev–Trinajstić information content (AvgIpc) is 3.12. The van der Waals surface area contributed by atoms with Crippen molar-refractivity contribution in [3.63, 3.8) is 0 Å². The maximum absolute atomic E-state index is 12.9. The minimum absolute atomic E-state index is 0.128. The van der Waals surface area contributed by atoms with Crippen LogP contribution in [0.2, 0.25) is 5.02 Å². The molecule has 1 amide bonds. The number of thioether (sulfide) groups is 1. The molecule has 3 rings (SSSR count). The van der Waals surface area contributed by atoms with E-state index < -0.39 is 11.9 Å². The summed E-state index contributed by atoms with van der Waals surface area (Å²) in [5.41, 5.74) is 0.984. The first-order chi connectivity index (χ1) is 13.0. The number of methoxy groups -OCH3 is 1. The van der Waals surface area contributed by atoms with Crippen LogP contribution in [0.1, 0.15) is 27.9 Å². The zero-order valence-electron chi connectivity index (χ0n) is 15.0. The van der Waals surface area contributed by atoms with Crippen molar-refractivity contribution < 1.29 is 9.53 Å². The molecule has 1 unspecified atom stereocenters. The molecule has 7 nitrogen and oxygen atoms in total. The van der Waals surface area contributed by atoms with E-state index in [9.17, 15) is 4.79 Å². The van der Waals surface area contributed by atoms with Crippen LogP contribution in [-0.2, 0) is 7.05 Å². The molecule has 1 aromatic carbocycles. The number of hydrogen-bond acceptors (Lipinski definition) is 6. The number of rotatable bonds is 6. The van der Waals surface area contributed by atoms with Gasteiger partial charge in [0, 0.05) is 19.4 Å². The second kappa shape index (κ2) is 8.41. The second-order valence-corrected chi connectivity index (χ2v) is 6.81. The van der Waals surface area contributed by atoms with E-state index in [1.54, 1.807) is 13.3 Å². The maximum atomic E-state index is 12.9. The summed E-state index contributed by atoms with van der Waals surface area (Å²) >= 11 is 7.48. The summed E-state index contributed by atoms with van der Waals surface area (Å²) in [6.45, 7) is 0. The fourth-order valence-electron chi connectivity index (χ4n) is 2.56. The van der Waals surface area contributed by atoms with E-state index in [2.05, 4.69) is 20.3 Å². The number of benzene rings is 1. The van der Waals surface area contributed by atoms with Gasteiger partial charge in [0.05, 0.1) is 18.3 Å². The second-order valence-electron chi connectivity index (χ2n) is 5.63. The van der Waals surface area contributed by atoms with Crippen molar-refractivity contribution in [2.75, 3.05) is 13.4 Å². The highest BCUT2D eigenvalue weighted by Gasteiger charge is 2.24. The number of carbonyl (C=O) groups is 1. The molecule has 0 saturated carbocycles. The Morgan fingerprint density at radius 2 is 2.04 bits per heavy atom. The van der Waals surface area contributed by atoms with E-state index in [0.29, 0.717) is 11.0 Å². The molecular weight excluding hydrogens is 386 g/mol. The van der Waals surface area contributed by atoms with Crippen LogP contribution in [0.3, 0.4) is 0 Å². The van der Waals surface area contributed by atoms with Crippen molar-refractivity contribution in [2.45, 2.75) is 11.2 Å². The van der Waals surface area contributed by atoms with E-state index in [1.165, 1.54) is 18.0 Å². The normalized spacial score (nSPS) is 11.9. The predicted octanol–water partition coefficient (Wildman–Crippen LogP) is 3.11. The number of aryl methyl sites for hydroxylation is 1. The summed E-state index contributed by atoms with van der Waals surface area (Å²) in [5, 5.41) is 3.64. The van der Waals surface area contributed by atoms with Crippen LogP contribution in [-0.4, -0.2) is 38.8 Å². The van der Waals surface area contributed by atoms with E-state index in [1.807, 2.05) is 48.3 Å². The van der Waals surface area contributed by atoms with Crippen LogP contribution in [0.4, 0.5) is 0 Å². The van der Waals surface area contributed by atoms with Gasteiger partial charge in [0.2, 0.25) is 0 Å². The zero-order chi connectivity index (χ0) is 19.4. The number of carbonyl (C=O) groups excluding carboxylic acids is 1. The van der Waals surface area contributed by atoms with Crippen LogP contribution in [0.5, 0.6) is 5.75 Å². The molecule has 9 heteroatoms. The van der Waals surface area contributed by atoms with E-state index in [0.717, 1.165) is 11.3 Å². The van der Waals surface area contributed by atoms with Gasteiger partial charge >= 0.3 is 0 Å². The Hall–Kier alpha value is -2.58. The Kier molecular flexibility index (Phi) is 5.98. The summed E-state index contributed by atoms with van der Waals surface area (Å²) in [5.74, 6) is 1.01. The summed E-state index contributed by atoms with van der Waals surface area (Å²) in [6, 6.07) is 6.95. The Morgan fingerprint density at radius 3 is 2.63 bits per heavy atom. The first-order valence-electron chi connectivity index (χ1n) is 8.02. The summed E-state index contributed by atoms with van der Waals surface area (Å²) in [4.78, 5) is 25.6. The molecule has 0 bridgehead atoms. The number of aromatic nitrogens is 4. The highest BCUT2D eigenvalue weighted by atomic mass is 35.5. The number of nitrogens with one attached hydrogen (secondary N) is 1.